The zero-order valence-corrected chi connectivity index (χ0v) is 10.4. The van der Waals surface area contributed by atoms with Crippen LogP contribution in [0.2, 0.25) is 0 Å². The largest absolute Gasteiger partial charge is 0.361 e. The summed E-state index contributed by atoms with van der Waals surface area (Å²) in [6.45, 7) is 7.16. The number of hydrogen-bond acceptors (Lipinski definition) is 4. The minimum atomic E-state index is 0.642. The summed E-state index contributed by atoms with van der Waals surface area (Å²) in [5.41, 5.74) is 2.23. The van der Waals surface area contributed by atoms with Gasteiger partial charge in [0.15, 0.2) is 0 Å². The summed E-state index contributed by atoms with van der Waals surface area (Å²) in [6, 6.07) is 0.642. The highest BCUT2D eigenvalue weighted by Crippen LogP contribution is 2.26. The van der Waals surface area contributed by atoms with Crippen LogP contribution in [0.1, 0.15) is 30.4 Å². The van der Waals surface area contributed by atoms with E-state index in [4.69, 9.17) is 4.52 Å². The molecule has 4 heteroatoms. The van der Waals surface area contributed by atoms with Gasteiger partial charge < -0.3 is 9.84 Å². The van der Waals surface area contributed by atoms with Crippen molar-refractivity contribution in [3.05, 3.63) is 17.0 Å². The Balaban J connectivity index is 1.93. The maximum Gasteiger partial charge on any atom is 0.138 e. The van der Waals surface area contributed by atoms with Gasteiger partial charge in [-0.25, -0.2) is 0 Å². The van der Waals surface area contributed by atoms with E-state index in [9.17, 15) is 0 Å². The third kappa shape index (κ3) is 2.37. The first kappa shape index (κ1) is 11.0. The molecule has 84 valence electrons. The Morgan fingerprint density at radius 3 is 2.87 bits per heavy atom. The predicted octanol–water partition coefficient (Wildman–Crippen LogP) is 2.28. The third-order valence-electron chi connectivity index (χ3n) is 3.10. The second kappa shape index (κ2) is 4.58. The van der Waals surface area contributed by atoms with Crippen molar-refractivity contribution in [1.82, 2.24) is 10.5 Å². The van der Waals surface area contributed by atoms with Gasteiger partial charge in [-0.1, -0.05) is 12.1 Å². The molecule has 1 aliphatic heterocycles. The Morgan fingerprint density at radius 1 is 1.53 bits per heavy atom. The molecule has 0 radical (unpaired) electrons. The molecule has 15 heavy (non-hydrogen) atoms. The predicted molar refractivity (Wildman–Crippen MR) is 63.1 cm³/mol. The summed E-state index contributed by atoms with van der Waals surface area (Å²) in [5, 5.41) is 8.28. The van der Waals surface area contributed by atoms with Gasteiger partial charge in [0.1, 0.15) is 5.76 Å². The lowest BCUT2D eigenvalue weighted by Crippen LogP contribution is -2.33. The van der Waals surface area contributed by atoms with Gasteiger partial charge in [0.2, 0.25) is 0 Å². The fraction of sp³-hybridized carbons (Fsp3) is 0.727. The lowest BCUT2D eigenvalue weighted by molar-refractivity contribution is 0.391. The highest BCUT2D eigenvalue weighted by atomic mass is 32.2. The second-order valence-corrected chi connectivity index (χ2v) is 5.64. The van der Waals surface area contributed by atoms with Gasteiger partial charge in [-0.15, -0.1) is 0 Å². The molecule has 1 saturated heterocycles. The molecule has 0 aromatic carbocycles. The summed E-state index contributed by atoms with van der Waals surface area (Å²) in [7, 11) is 0. The zero-order chi connectivity index (χ0) is 10.8. The maximum atomic E-state index is 5.14. The standard InChI is InChI=1S/C11H18N2OS/c1-7-10(8(2)14-13-7)6-12-11-4-5-15-9(11)3/h9,11-12H,4-6H2,1-3H3. The van der Waals surface area contributed by atoms with Crippen molar-refractivity contribution in [3.63, 3.8) is 0 Å². The van der Waals surface area contributed by atoms with Gasteiger partial charge in [-0.05, 0) is 26.0 Å². The van der Waals surface area contributed by atoms with Crippen LogP contribution in [0.15, 0.2) is 4.52 Å². The molecule has 0 aliphatic carbocycles. The van der Waals surface area contributed by atoms with Gasteiger partial charge in [0.25, 0.3) is 0 Å². The summed E-state index contributed by atoms with van der Waals surface area (Å²) >= 11 is 2.05. The van der Waals surface area contributed by atoms with Crippen LogP contribution in [0.5, 0.6) is 0 Å². The molecule has 2 atom stereocenters. The van der Waals surface area contributed by atoms with Crippen molar-refractivity contribution < 1.29 is 4.52 Å². The molecule has 2 heterocycles. The van der Waals surface area contributed by atoms with E-state index >= 15 is 0 Å². The Morgan fingerprint density at radius 2 is 2.33 bits per heavy atom. The Labute approximate surface area is 95.0 Å². The molecule has 2 rings (SSSR count). The van der Waals surface area contributed by atoms with Crippen LogP contribution in [0.25, 0.3) is 0 Å². The lowest BCUT2D eigenvalue weighted by atomic mass is 10.1. The maximum absolute atomic E-state index is 5.14. The number of nitrogens with one attached hydrogen (secondary N) is 1. The first-order valence-electron chi connectivity index (χ1n) is 5.45. The Hall–Kier alpha value is -0.480. The lowest BCUT2D eigenvalue weighted by Gasteiger charge is -2.16. The smallest absolute Gasteiger partial charge is 0.138 e. The quantitative estimate of drug-likeness (QED) is 0.858. The molecular formula is C11H18N2OS. The van der Waals surface area contributed by atoms with Crippen LogP contribution in [0.4, 0.5) is 0 Å². The van der Waals surface area contributed by atoms with Crippen molar-refractivity contribution in [2.75, 3.05) is 5.75 Å². The van der Waals surface area contributed by atoms with Gasteiger partial charge in [0, 0.05) is 23.4 Å². The van der Waals surface area contributed by atoms with Crippen LogP contribution in [0.3, 0.4) is 0 Å². The summed E-state index contributed by atoms with van der Waals surface area (Å²) in [6.07, 6.45) is 1.27. The number of thioether (sulfide) groups is 1. The summed E-state index contributed by atoms with van der Waals surface area (Å²) in [4.78, 5) is 0. The first-order valence-corrected chi connectivity index (χ1v) is 6.50. The number of aryl methyl sites for hydroxylation is 2. The molecule has 0 bridgehead atoms. The van der Waals surface area contributed by atoms with Crippen molar-refractivity contribution in [3.8, 4) is 0 Å². The molecule has 3 nitrogen and oxygen atoms in total. The Kier molecular flexibility index (Phi) is 3.36. The molecule has 0 spiro atoms. The van der Waals surface area contributed by atoms with Gasteiger partial charge >= 0.3 is 0 Å². The van der Waals surface area contributed by atoms with Crippen LogP contribution >= 0.6 is 11.8 Å². The number of hydrogen-bond donors (Lipinski definition) is 1. The molecule has 1 N–H and O–H groups in total. The topological polar surface area (TPSA) is 38.1 Å². The molecule has 2 unspecified atom stereocenters. The van der Waals surface area contributed by atoms with Crippen LogP contribution in [0, 0.1) is 13.8 Å². The molecule has 0 saturated carbocycles. The van der Waals surface area contributed by atoms with Crippen molar-refractivity contribution in [2.24, 2.45) is 0 Å². The molecular weight excluding hydrogens is 208 g/mol. The van der Waals surface area contributed by atoms with Crippen molar-refractivity contribution in [2.45, 2.75) is 45.0 Å². The van der Waals surface area contributed by atoms with Crippen molar-refractivity contribution in [1.29, 1.82) is 0 Å². The average Bonchev–Trinajstić information content (AvgIpc) is 2.73. The highest BCUT2D eigenvalue weighted by Gasteiger charge is 2.23. The minimum absolute atomic E-state index is 0.642. The zero-order valence-electron chi connectivity index (χ0n) is 9.54. The van der Waals surface area contributed by atoms with Gasteiger partial charge in [-0.2, -0.15) is 11.8 Å². The molecule has 1 aromatic heterocycles. The van der Waals surface area contributed by atoms with Gasteiger partial charge in [-0.3, -0.25) is 0 Å². The van der Waals surface area contributed by atoms with E-state index in [1.54, 1.807) is 0 Å². The minimum Gasteiger partial charge on any atom is -0.361 e. The molecule has 1 aliphatic rings. The summed E-state index contributed by atoms with van der Waals surface area (Å²) in [5.74, 6) is 2.22. The number of rotatable bonds is 3. The third-order valence-corrected chi connectivity index (χ3v) is 4.42. The fourth-order valence-electron chi connectivity index (χ4n) is 1.99. The molecule has 0 amide bonds. The van der Waals surface area contributed by atoms with E-state index in [0.717, 1.165) is 23.2 Å². The van der Waals surface area contributed by atoms with E-state index < -0.39 is 0 Å². The van der Waals surface area contributed by atoms with E-state index in [0.29, 0.717) is 6.04 Å². The summed E-state index contributed by atoms with van der Waals surface area (Å²) < 4.78 is 5.14. The van der Waals surface area contributed by atoms with Crippen molar-refractivity contribution >= 4 is 11.8 Å². The average molecular weight is 226 g/mol. The van der Waals surface area contributed by atoms with E-state index in [2.05, 4.69) is 17.4 Å². The van der Waals surface area contributed by atoms with Crippen LogP contribution < -0.4 is 5.32 Å². The molecule has 1 fully saturated rings. The highest BCUT2D eigenvalue weighted by molar-refractivity contribution is 8.00. The van der Waals surface area contributed by atoms with Gasteiger partial charge in [0.05, 0.1) is 5.69 Å². The van der Waals surface area contributed by atoms with E-state index in [1.165, 1.54) is 17.7 Å². The SMILES string of the molecule is Cc1noc(C)c1CNC1CCSC1C. The van der Waals surface area contributed by atoms with Crippen LogP contribution in [-0.2, 0) is 6.54 Å². The van der Waals surface area contributed by atoms with Crippen LogP contribution in [-0.4, -0.2) is 22.2 Å². The molecule has 1 aromatic rings. The number of aromatic nitrogens is 1. The monoisotopic (exact) mass is 226 g/mol. The Bertz CT molecular complexity index is 318. The van der Waals surface area contributed by atoms with E-state index in [1.807, 2.05) is 25.6 Å². The number of nitrogens with zero attached hydrogens (tertiary/aromatic N) is 1. The van der Waals surface area contributed by atoms with E-state index in [-0.39, 0.29) is 0 Å². The second-order valence-electron chi connectivity index (χ2n) is 4.15. The normalized spacial score (nSPS) is 26.1. The first-order chi connectivity index (χ1) is 7.18. The fourth-order valence-corrected chi connectivity index (χ4v) is 3.21.